The van der Waals surface area contributed by atoms with Crippen LogP contribution in [0.25, 0.3) is 0 Å². The first-order valence-corrected chi connectivity index (χ1v) is 8.02. The number of ether oxygens (including phenoxy) is 2. The maximum absolute atomic E-state index is 5.79. The minimum atomic E-state index is 0.0762. The lowest BCUT2D eigenvalue weighted by atomic mass is 9.61. The quantitative estimate of drug-likeness (QED) is 0.702. The summed E-state index contributed by atoms with van der Waals surface area (Å²) >= 11 is 0. The standard InChI is InChI=1S/C17H32O2/c1-7-16(12-18-14(16,3)4)10-9-11-17(8-2)13-19-15(17,5)6/h7-13H2,1-6H3. The van der Waals surface area contributed by atoms with E-state index in [9.17, 15) is 0 Å². The molecule has 0 N–H and O–H groups in total. The van der Waals surface area contributed by atoms with E-state index in [1.807, 2.05) is 0 Å². The summed E-state index contributed by atoms with van der Waals surface area (Å²) in [5.74, 6) is 0. The molecule has 2 aliphatic rings. The molecule has 2 aliphatic heterocycles. The van der Waals surface area contributed by atoms with Crippen molar-refractivity contribution in [3.8, 4) is 0 Å². The summed E-state index contributed by atoms with van der Waals surface area (Å²) in [6.45, 7) is 15.6. The molecule has 0 saturated carbocycles. The van der Waals surface area contributed by atoms with Gasteiger partial charge in [0.05, 0.1) is 24.4 Å². The Kier molecular flexibility index (Phi) is 3.81. The maximum Gasteiger partial charge on any atom is 0.0704 e. The predicted octanol–water partition coefficient (Wildman–Crippen LogP) is 4.57. The van der Waals surface area contributed by atoms with Gasteiger partial charge in [0.15, 0.2) is 0 Å². The number of rotatable bonds is 6. The molecule has 2 atom stereocenters. The van der Waals surface area contributed by atoms with Crippen molar-refractivity contribution in [1.82, 2.24) is 0 Å². The SMILES string of the molecule is CCC1(CCCC2(CC)COC2(C)C)COC1(C)C. The molecule has 2 nitrogen and oxygen atoms in total. The van der Waals surface area contributed by atoms with Crippen molar-refractivity contribution in [1.29, 1.82) is 0 Å². The van der Waals surface area contributed by atoms with Gasteiger partial charge in [-0.1, -0.05) is 20.3 Å². The fourth-order valence-corrected chi connectivity index (χ4v) is 4.05. The summed E-state index contributed by atoms with van der Waals surface area (Å²) in [5.41, 5.74) is 0.979. The fraction of sp³-hybridized carbons (Fsp3) is 1.00. The zero-order chi connectivity index (χ0) is 14.4. The lowest BCUT2D eigenvalue weighted by Gasteiger charge is -2.58. The molecule has 2 heteroatoms. The molecule has 2 heterocycles. The first-order chi connectivity index (χ1) is 8.74. The van der Waals surface area contributed by atoms with Gasteiger partial charge in [0, 0.05) is 10.8 Å². The van der Waals surface area contributed by atoms with Crippen LogP contribution in [0, 0.1) is 10.8 Å². The average Bonchev–Trinajstić information content (AvgIpc) is 2.36. The molecule has 0 spiro atoms. The highest BCUT2D eigenvalue weighted by atomic mass is 16.5. The van der Waals surface area contributed by atoms with E-state index in [2.05, 4.69) is 41.5 Å². The molecule has 0 aromatic heterocycles. The van der Waals surface area contributed by atoms with Crippen LogP contribution >= 0.6 is 0 Å². The molecule has 2 unspecified atom stereocenters. The Morgan fingerprint density at radius 3 is 1.26 bits per heavy atom. The Labute approximate surface area is 119 Å². The second-order valence-corrected chi connectivity index (χ2v) is 7.72. The van der Waals surface area contributed by atoms with Gasteiger partial charge in [-0.3, -0.25) is 0 Å². The lowest BCUT2D eigenvalue weighted by molar-refractivity contribution is -0.264. The van der Waals surface area contributed by atoms with E-state index in [0.29, 0.717) is 10.8 Å². The topological polar surface area (TPSA) is 18.5 Å². The minimum absolute atomic E-state index is 0.0762. The zero-order valence-corrected chi connectivity index (χ0v) is 13.8. The van der Waals surface area contributed by atoms with Crippen LogP contribution in [0.15, 0.2) is 0 Å². The smallest absolute Gasteiger partial charge is 0.0704 e. The monoisotopic (exact) mass is 268 g/mol. The lowest BCUT2D eigenvalue weighted by Crippen LogP contribution is -2.60. The Morgan fingerprint density at radius 2 is 1.11 bits per heavy atom. The molecule has 19 heavy (non-hydrogen) atoms. The van der Waals surface area contributed by atoms with Crippen LogP contribution < -0.4 is 0 Å². The van der Waals surface area contributed by atoms with Crippen LogP contribution in [0.1, 0.15) is 73.6 Å². The van der Waals surface area contributed by atoms with Crippen LogP contribution in [0.5, 0.6) is 0 Å². The molecule has 2 saturated heterocycles. The molecule has 0 aromatic carbocycles. The van der Waals surface area contributed by atoms with Gasteiger partial charge >= 0.3 is 0 Å². The van der Waals surface area contributed by atoms with Gasteiger partial charge in [0.2, 0.25) is 0 Å². The van der Waals surface area contributed by atoms with Crippen LogP contribution in [0.2, 0.25) is 0 Å². The van der Waals surface area contributed by atoms with Crippen LogP contribution in [-0.4, -0.2) is 24.4 Å². The van der Waals surface area contributed by atoms with Crippen molar-refractivity contribution in [2.75, 3.05) is 13.2 Å². The van der Waals surface area contributed by atoms with E-state index in [1.54, 1.807) is 0 Å². The van der Waals surface area contributed by atoms with Gasteiger partial charge < -0.3 is 9.47 Å². The zero-order valence-electron chi connectivity index (χ0n) is 13.8. The van der Waals surface area contributed by atoms with Crippen molar-refractivity contribution >= 4 is 0 Å². The van der Waals surface area contributed by atoms with Gasteiger partial charge in [-0.2, -0.15) is 0 Å². The van der Waals surface area contributed by atoms with Crippen LogP contribution in [0.3, 0.4) is 0 Å². The van der Waals surface area contributed by atoms with E-state index in [-0.39, 0.29) is 11.2 Å². The first-order valence-electron chi connectivity index (χ1n) is 8.02. The largest absolute Gasteiger partial charge is 0.374 e. The predicted molar refractivity (Wildman–Crippen MR) is 79.4 cm³/mol. The van der Waals surface area contributed by atoms with Gasteiger partial charge in [-0.05, 0) is 53.4 Å². The second kappa shape index (κ2) is 4.73. The molecule has 2 rings (SSSR count). The third-order valence-electron chi connectivity index (χ3n) is 6.64. The van der Waals surface area contributed by atoms with E-state index < -0.39 is 0 Å². The van der Waals surface area contributed by atoms with Crippen molar-refractivity contribution in [2.45, 2.75) is 84.8 Å². The number of hydrogen-bond donors (Lipinski definition) is 0. The Hall–Kier alpha value is -0.0800. The van der Waals surface area contributed by atoms with E-state index >= 15 is 0 Å². The van der Waals surface area contributed by atoms with Crippen molar-refractivity contribution in [3.63, 3.8) is 0 Å². The molecule has 0 aliphatic carbocycles. The third-order valence-corrected chi connectivity index (χ3v) is 6.64. The normalized spacial score (nSPS) is 39.5. The van der Waals surface area contributed by atoms with E-state index in [4.69, 9.17) is 9.47 Å². The molecule has 0 radical (unpaired) electrons. The Bertz CT molecular complexity index is 294. The molecule has 0 aromatic rings. The van der Waals surface area contributed by atoms with Gasteiger partial charge in [0.25, 0.3) is 0 Å². The van der Waals surface area contributed by atoms with Gasteiger partial charge in [-0.25, -0.2) is 0 Å². The summed E-state index contributed by atoms with van der Waals surface area (Å²) < 4.78 is 11.6. The van der Waals surface area contributed by atoms with E-state index in [1.165, 1.54) is 32.1 Å². The molecule has 0 amide bonds. The van der Waals surface area contributed by atoms with E-state index in [0.717, 1.165) is 13.2 Å². The highest BCUT2D eigenvalue weighted by Crippen LogP contribution is 2.54. The summed E-state index contributed by atoms with van der Waals surface area (Å²) in [7, 11) is 0. The third kappa shape index (κ3) is 2.15. The summed E-state index contributed by atoms with van der Waals surface area (Å²) in [6, 6.07) is 0. The first kappa shape index (κ1) is 15.3. The molecule has 0 bridgehead atoms. The Balaban J connectivity index is 1.90. The summed E-state index contributed by atoms with van der Waals surface area (Å²) in [6.07, 6.45) is 6.38. The van der Waals surface area contributed by atoms with Crippen molar-refractivity contribution in [3.05, 3.63) is 0 Å². The fourth-order valence-electron chi connectivity index (χ4n) is 4.05. The van der Waals surface area contributed by atoms with Crippen LogP contribution in [-0.2, 0) is 9.47 Å². The van der Waals surface area contributed by atoms with Gasteiger partial charge in [0.1, 0.15) is 0 Å². The maximum atomic E-state index is 5.79. The molecular weight excluding hydrogens is 236 g/mol. The van der Waals surface area contributed by atoms with Gasteiger partial charge in [-0.15, -0.1) is 0 Å². The number of hydrogen-bond acceptors (Lipinski definition) is 2. The molecule has 112 valence electrons. The molecule has 2 fully saturated rings. The van der Waals surface area contributed by atoms with Crippen molar-refractivity contribution < 1.29 is 9.47 Å². The second-order valence-electron chi connectivity index (χ2n) is 7.72. The summed E-state index contributed by atoms with van der Waals surface area (Å²) in [5, 5.41) is 0. The minimum Gasteiger partial charge on any atom is -0.374 e. The van der Waals surface area contributed by atoms with Crippen LogP contribution in [0.4, 0.5) is 0 Å². The summed E-state index contributed by atoms with van der Waals surface area (Å²) in [4.78, 5) is 0. The highest BCUT2D eigenvalue weighted by molar-refractivity contribution is 5.04. The highest BCUT2D eigenvalue weighted by Gasteiger charge is 2.55. The Morgan fingerprint density at radius 1 is 0.737 bits per heavy atom. The van der Waals surface area contributed by atoms with Crippen molar-refractivity contribution in [2.24, 2.45) is 10.8 Å². The average molecular weight is 268 g/mol. The molecular formula is C17H32O2.